The number of allylic oxidation sites excluding steroid dienone is 2. The molecule has 3 aliphatic rings. The molecule has 0 aromatic heterocycles. The van der Waals surface area contributed by atoms with Crippen LogP contribution in [0.2, 0.25) is 0 Å². The van der Waals surface area contributed by atoms with Gasteiger partial charge in [0, 0.05) is 13.1 Å². The fourth-order valence-electron chi connectivity index (χ4n) is 4.95. The molecule has 0 aromatic rings. The van der Waals surface area contributed by atoms with Crippen LogP contribution in [0.15, 0.2) is 12.2 Å². The second kappa shape index (κ2) is 9.88. The Morgan fingerprint density at radius 2 is 1.62 bits per heavy atom. The molecule has 162 valence electrons. The highest BCUT2D eigenvalue weighted by Crippen LogP contribution is 2.37. The minimum Gasteiger partial charge on any atom is -0.354 e. The van der Waals surface area contributed by atoms with Crippen molar-refractivity contribution < 1.29 is 14.4 Å². The highest BCUT2D eigenvalue weighted by Gasteiger charge is 2.51. The summed E-state index contributed by atoms with van der Waals surface area (Å²) in [4.78, 5) is 42.8. The molecule has 2 fully saturated rings. The first-order valence-electron chi connectivity index (χ1n) is 11.4. The van der Waals surface area contributed by atoms with Crippen LogP contribution in [0.1, 0.15) is 59.3 Å². The Labute approximate surface area is 175 Å². The monoisotopic (exact) mass is 403 g/mol. The van der Waals surface area contributed by atoms with Crippen molar-refractivity contribution in [1.29, 1.82) is 0 Å². The number of amides is 3. The molecule has 0 spiro atoms. The summed E-state index contributed by atoms with van der Waals surface area (Å²) in [5, 5.41) is 3.05. The van der Waals surface area contributed by atoms with E-state index in [1.54, 1.807) is 0 Å². The van der Waals surface area contributed by atoms with Crippen LogP contribution < -0.4 is 5.32 Å². The maximum absolute atomic E-state index is 13.1. The molecule has 0 saturated carbocycles. The van der Waals surface area contributed by atoms with Gasteiger partial charge in [0.2, 0.25) is 17.7 Å². The number of carbonyl (C=O) groups excluding carboxylic acids is 3. The highest BCUT2D eigenvalue weighted by atomic mass is 16.2. The number of hydrogen-bond acceptors (Lipinski definition) is 4. The summed E-state index contributed by atoms with van der Waals surface area (Å²) in [5.41, 5.74) is 0. The number of nitrogens with one attached hydrogen (secondary N) is 1. The quantitative estimate of drug-likeness (QED) is 0.500. The Hall–Kier alpha value is -1.69. The summed E-state index contributed by atoms with van der Waals surface area (Å²) in [5.74, 6) is -0.511. The molecule has 6 heteroatoms. The van der Waals surface area contributed by atoms with Gasteiger partial charge in [-0.1, -0.05) is 39.3 Å². The zero-order valence-electron chi connectivity index (χ0n) is 18.2. The van der Waals surface area contributed by atoms with Gasteiger partial charge in [0.15, 0.2) is 0 Å². The first kappa shape index (κ1) is 22.0. The summed E-state index contributed by atoms with van der Waals surface area (Å²) in [6.45, 7) is 10.0. The lowest BCUT2D eigenvalue weighted by Crippen LogP contribution is -2.51. The van der Waals surface area contributed by atoms with E-state index in [4.69, 9.17) is 0 Å². The molecule has 29 heavy (non-hydrogen) atoms. The minimum absolute atomic E-state index is 0.161. The van der Waals surface area contributed by atoms with Gasteiger partial charge in [-0.25, -0.2) is 0 Å². The maximum atomic E-state index is 13.1. The van der Waals surface area contributed by atoms with Crippen molar-refractivity contribution >= 4 is 17.7 Å². The average Bonchev–Trinajstić information content (AvgIpc) is 2.96. The van der Waals surface area contributed by atoms with E-state index in [9.17, 15) is 14.4 Å². The molecule has 0 radical (unpaired) electrons. The van der Waals surface area contributed by atoms with E-state index < -0.39 is 6.04 Å². The lowest BCUT2D eigenvalue weighted by atomic mass is 9.85. The molecule has 6 nitrogen and oxygen atoms in total. The Morgan fingerprint density at radius 3 is 2.17 bits per heavy atom. The molecule has 4 unspecified atom stereocenters. The number of nitrogens with zero attached hydrogens (tertiary/aromatic N) is 2. The highest BCUT2D eigenvalue weighted by molar-refractivity contribution is 6.08. The van der Waals surface area contributed by atoms with Crippen LogP contribution in [0.25, 0.3) is 0 Å². The van der Waals surface area contributed by atoms with Crippen molar-refractivity contribution in [2.75, 3.05) is 26.2 Å². The van der Waals surface area contributed by atoms with E-state index in [0.29, 0.717) is 31.7 Å². The number of carbonyl (C=O) groups is 3. The molecule has 2 aliphatic heterocycles. The summed E-state index contributed by atoms with van der Waals surface area (Å²) in [7, 11) is 0. The second-order valence-corrected chi connectivity index (χ2v) is 9.56. The predicted octanol–water partition coefficient (Wildman–Crippen LogP) is 2.59. The maximum Gasteiger partial charge on any atom is 0.243 e. The third kappa shape index (κ3) is 5.27. The van der Waals surface area contributed by atoms with E-state index in [0.717, 1.165) is 19.6 Å². The molecular weight excluding hydrogens is 366 g/mol. The molecular formula is C23H37N3O3. The number of fused-ring (bicyclic) bond motifs is 1. The first-order valence-corrected chi connectivity index (χ1v) is 11.4. The second-order valence-electron chi connectivity index (χ2n) is 9.56. The smallest absolute Gasteiger partial charge is 0.243 e. The van der Waals surface area contributed by atoms with Gasteiger partial charge in [0.25, 0.3) is 0 Å². The standard InChI is InChI=1S/C23H37N3O3/c1-16(2)13-20(26-22(28)18-9-5-6-10-19(18)23(26)29)21(27)24-14-17(3)15-25-11-7-4-8-12-25/h5-6,16-20H,4,7-15H2,1-3H3,(H,24,27). The van der Waals surface area contributed by atoms with Crippen LogP contribution in [-0.2, 0) is 14.4 Å². The van der Waals surface area contributed by atoms with Crippen LogP contribution in [0, 0.1) is 23.7 Å². The fourth-order valence-corrected chi connectivity index (χ4v) is 4.95. The summed E-state index contributed by atoms with van der Waals surface area (Å²) >= 11 is 0. The van der Waals surface area contributed by atoms with Gasteiger partial charge in [0.05, 0.1) is 11.8 Å². The zero-order chi connectivity index (χ0) is 21.0. The van der Waals surface area contributed by atoms with Gasteiger partial charge < -0.3 is 10.2 Å². The third-order valence-corrected chi connectivity index (χ3v) is 6.49. The normalized spacial score (nSPS) is 27.2. The van der Waals surface area contributed by atoms with Crippen molar-refractivity contribution in [3.8, 4) is 0 Å². The van der Waals surface area contributed by atoms with Gasteiger partial charge in [-0.15, -0.1) is 0 Å². The van der Waals surface area contributed by atoms with Crippen LogP contribution in [0.4, 0.5) is 0 Å². The van der Waals surface area contributed by atoms with Crippen LogP contribution >= 0.6 is 0 Å². The van der Waals surface area contributed by atoms with Crippen molar-refractivity contribution in [2.24, 2.45) is 23.7 Å². The molecule has 1 N–H and O–H groups in total. The summed E-state index contributed by atoms with van der Waals surface area (Å²) in [6, 6.07) is -0.692. The van der Waals surface area contributed by atoms with E-state index in [1.807, 2.05) is 26.0 Å². The summed E-state index contributed by atoms with van der Waals surface area (Å²) < 4.78 is 0. The minimum atomic E-state index is -0.692. The van der Waals surface area contributed by atoms with Crippen LogP contribution in [0.3, 0.4) is 0 Å². The van der Waals surface area contributed by atoms with Crippen molar-refractivity contribution in [3.63, 3.8) is 0 Å². The largest absolute Gasteiger partial charge is 0.354 e. The number of hydrogen-bond donors (Lipinski definition) is 1. The third-order valence-electron chi connectivity index (χ3n) is 6.49. The fraction of sp³-hybridized carbons (Fsp3) is 0.783. The van der Waals surface area contributed by atoms with E-state index >= 15 is 0 Å². The van der Waals surface area contributed by atoms with Crippen molar-refractivity contribution in [3.05, 3.63) is 12.2 Å². The van der Waals surface area contributed by atoms with Gasteiger partial charge >= 0.3 is 0 Å². The zero-order valence-corrected chi connectivity index (χ0v) is 18.2. The molecule has 2 heterocycles. The van der Waals surface area contributed by atoms with E-state index in [1.165, 1.54) is 24.2 Å². The Kier molecular flexibility index (Phi) is 7.49. The van der Waals surface area contributed by atoms with Crippen LogP contribution in [0.5, 0.6) is 0 Å². The van der Waals surface area contributed by atoms with Crippen LogP contribution in [-0.4, -0.2) is 59.7 Å². The van der Waals surface area contributed by atoms with E-state index in [2.05, 4.69) is 17.1 Å². The first-order chi connectivity index (χ1) is 13.9. The van der Waals surface area contributed by atoms with Gasteiger partial charge in [-0.2, -0.15) is 0 Å². The topological polar surface area (TPSA) is 69.7 Å². The number of rotatable bonds is 8. The lowest BCUT2D eigenvalue weighted by molar-refractivity contribution is -0.148. The molecule has 2 saturated heterocycles. The number of likely N-dealkylation sites (tertiary alicyclic amines) is 2. The predicted molar refractivity (Wildman–Crippen MR) is 113 cm³/mol. The van der Waals surface area contributed by atoms with E-state index in [-0.39, 0.29) is 35.5 Å². The molecule has 0 bridgehead atoms. The summed E-state index contributed by atoms with van der Waals surface area (Å²) in [6.07, 6.45) is 9.51. The number of imide groups is 1. The van der Waals surface area contributed by atoms with Gasteiger partial charge in [-0.3, -0.25) is 19.3 Å². The number of piperidine rings is 1. The van der Waals surface area contributed by atoms with Crippen molar-refractivity contribution in [2.45, 2.75) is 65.3 Å². The Balaban J connectivity index is 1.61. The Morgan fingerprint density at radius 1 is 1.03 bits per heavy atom. The SMILES string of the molecule is CC(C)CC(C(=O)NCC(C)CN1CCCCC1)N1C(=O)C2CC=CCC2C1=O. The van der Waals surface area contributed by atoms with Crippen molar-refractivity contribution in [1.82, 2.24) is 15.1 Å². The molecule has 3 rings (SSSR count). The molecule has 3 amide bonds. The molecule has 4 atom stereocenters. The van der Waals surface area contributed by atoms with Gasteiger partial charge in [-0.05, 0) is 57.0 Å². The van der Waals surface area contributed by atoms with Gasteiger partial charge in [0.1, 0.15) is 6.04 Å². The Bertz CT molecular complexity index is 613. The average molecular weight is 404 g/mol. The lowest BCUT2D eigenvalue weighted by Gasteiger charge is -2.30. The molecule has 1 aliphatic carbocycles. The molecule has 0 aromatic carbocycles.